The van der Waals surface area contributed by atoms with E-state index >= 15 is 0 Å². The summed E-state index contributed by atoms with van der Waals surface area (Å²) in [6, 6.07) is 28.4. The van der Waals surface area contributed by atoms with Gasteiger partial charge in [-0.3, -0.25) is 0 Å². The summed E-state index contributed by atoms with van der Waals surface area (Å²) < 4.78 is 32.0. The molecule has 0 unspecified atom stereocenters. The van der Waals surface area contributed by atoms with Gasteiger partial charge in [0.15, 0.2) is 0 Å². The van der Waals surface area contributed by atoms with Gasteiger partial charge in [0.2, 0.25) is 0 Å². The predicted octanol–water partition coefficient (Wildman–Crippen LogP) is 9.08. The van der Waals surface area contributed by atoms with E-state index in [2.05, 4.69) is 41.5 Å². The molecule has 182 valence electrons. The first-order chi connectivity index (χ1) is 16.4. The van der Waals surface area contributed by atoms with E-state index in [0.717, 1.165) is 21.9 Å². The molecular formula is C30H33O4P. The summed E-state index contributed by atoms with van der Waals surface area (Å²) in [5.41, 5.74) is 2.28. The minimum absolute atomic E-state index is 0.00696. The van der Waals surface area contributed by atoms with Crippen LogP contribution in [0.3, 0.4) is 0 Å². The van der Waals surface area contributed by atoms with Gasteiger partial charge in [-0.2, -0.15) is 4.57 Å². The zero-order valence-electron chi connectivity index (χ0n) is 21.2. The molecule has 0 aliphatic rings. The van der Waals surface area contributed by atoms with Gasteiger partial charge in [0.25, 0.3) is 0 Å². The standard InChI is InChI=1S/C30H33O4P/c1-29(2,3)23-14-18-25(19-15-23)32-35(31,33-26-20-16-24(17-21-26)30(4,5)6)34-28-13-9-11-22-10-7-8-12-27(22)28/h7-21H,1-6H3. The lowest BCUT2D eigenvalue weighted by Gasteiger charge is -2.23. The molecule has 0 radical (unpaired) electrons. The molecule has 0 aliphatic heterocycles. The van der Waals surface area contributed by atoms with Gasteiger partial charge in [0.1, 0.15) is 17.2 Å². The van der Waals surface area contributed by atoms with Gasteiger partial charge in [-0.1, -0.05) is 102 Å². The number of benzene rings is 4. The Morgan fingerprint density at radius 2 is 1.00 bits per heavy atom. The minimum Gasteiger partial charge on any atom is -0.386 e. The molecule has 4 rings (SSSR count). The number of rotatable bonds is 6. The highest BCUT2D eigenvalue weighted by atomic mass is 31.2. The number of fused-ring (bicyclic) bond motifs is 1. The molecule has 35 heavy (non-hydrogen) atoms. The Morgan fingerprint density at radius 3 is 1.49 bits per heavy atom. The van der Waals surface area contributed by atoms with Crippen molar-refractivity contribution in [2.24, 2.45) is 0 Å². The fraction of sp³-hybridized carbons (Fsp3) is 0.267. The Morgan fingerprint density at radius 1 is 0.543 bits per heavy atom. The molecule has 0 fully saturated rings. The summed E-state index contributed by atoms with van der Waals surface area (Å²) in [7, 11) is -4.10. The lowest BCUT2D eigenvalue weighted by molar-refractivity contribution is 0.299. The third kappa shape index (κ3) is 6.07. The number of hydrogen-bond acceptors (Lipinski definition) is 4. The van der Waals surface area contributed by atoms with Crippen LogP contribution in [0.1, 0.15) is 52.7 Å². The Bertz CT molecular complexity index is 1280. The van der Waals surface area contributed by atoms with Crippen LogP contribution in [0.15, 0.2) is 91.0 Å². The summed E-state index contributed by atoms with van der Waals surface area (Å²) in [6.07, 6.45) is 0. The van der Waals surface area contributed by atoms with Crippen molar-refractivity contribution >= 4 is 18.6 Å². The van der Waals surface area contributed by atoms with E-state index in [1.54, 1.807) is 30.3 Å². The van der Waals surface area contributed by atoms with Crippen molar-refractivity contribution in [2.45, 2.75) is 52.4 Å². The van der Waals surface area contributed by atoms with E-state index < -0.39 is 7.82 Å². The number of hydrogen-bond donors (Lipinski definition) is 0. The Labute approximate surface area is 208 Å². The first-order valence-electron chi connectivity index (χ1n) is 11.8. The summed E-state index contributed by atoms with van der Waals surface area (Å²) in [6.45, 7) is 12.8. The fourth-order valence-corrected chi connectivity index (χ4v) is 5.01. The number of phosphoric acid groups is 1. The molecule has 0 atom stereocenters. The second-order valence-corrected chi connectivity index (χ2v) is 12.2. The molecule has 0 aliphatic carbocycles. The third-order valence-corrected chi connectivity index (χ3v) is 7.12. The zero-order valence-corrected chi connectivity index (χ0v) is 22.1. The largest absolute Gasteiger partial charge is 0.647 e. The maximum atomic E-state index is 14.1. The van der Waals surface area contributed by atoms with Crippen LogP contribution < -0.4 is 13.6 Å². The van der Waals surface area contributed by atoms with Crippen LogP contribution in [0.5, 0.6) is 17.2 Å². The highest BCUT2D eigenvalue weighted by Gasteiger charge is 2.34. The maximum absolute atomic E-state index is 14.1. The predicted molar refractivity (Wildman–Crippen MR) is 144 cm³/mol. The molecule has 4 aromatic carbocycles. The van der Waals surface area contributed by atoms with Gasteiger partial charge in [-0.25, -0.2) is 0 Å². The van der Waals surface area contributed by atoms with E-state index in [4.69, 9.17) is 13.6 Å². The molecule has 5 heteroatoms. The molecule has 0 spiro atoms. The van der Waals surface area contributed by atoms with Crippen LogP contribution in [0.25, 0.3) is 10.8 Å². The lowest BCUT2D eigenvalue weighted by atomic mass is 9.87. The van der Waals surface area contributed by atoms with E-state index in [1.165, 1.54) is 0 Å². The van der Waals surface area contributed by atoms with Gasteiger partial charge in [0.05, 0.1) is 0 Å². The zero-order chi connectivity index (χ0) is 25.3. The third-order valence-electron chi connectivity index (χ3n) is 5.83. The Kier molecular flexibility index (Phi) is 6.71. The molecular weight excluding hydrogens is 455 g/mol. The van der Waals surface area contributed by atoms with Gasteiger partial charge in [-0.05, 0) is 57.7 Å². The SMILES string of the molecule is CC(C)(C)c1ccc(OP(=O)(Oc2ccc(C(C)(C)C)cc2)Oc2cccc3ccccc23)cc1. The smallest absolute Gasteiger partial charge is 0.386 e. The molecule has 0 aromatic heterocycles. The molecule has 0 saturated heterocycles. The van der Waals surface area contributed by atoms with Crippen LogP contribution >= 0.6 is 7.82 Å². The highest BCUT2D eigenvalue weighted by molar-refractivity contribution is 7.49. The normalized spacial score (nSPS) is 12.4. The molecule has 0 bridgehead atoms. The minimum atomic E-state index is -4.10. The van der Waals surface area contributed by atoms with Crippen LogP contribution in [0, 0.1) is 0 Å². The van der Waals surface area contributed by atoms with Gasteiger partial charge in [0, 0.05) is 5.39 Å². The Balaban J connectivity index is 1.68. The van der Waals surface area contributed by atoms with Gasteiger partial charge in [-0.15, -0.1) is 0 Å². The summed E-state index contributed by atoms with van der Waals surface area (Å²) in [5.74, 6) is 1.25. The summed E-state index contributed by atoms with van der Waals surface area (Å²) in [5, 5.41) is 1.80. The van der Waals surface area contributed by atoms with E-state index in [1.807, 2.05) is 60.7 Å². The van der Waals surface area contributed by atoms with Crippen LogP contribution in [0.4, 0.5) is 0 Å². The van der Waals surface area contributed by atoms with Crippen molar-refractivity contribution in [2.75, 3.05) is 0 Å². The lowest BCUT2D eigenvalue weighted by Crippen LogP contribution is -2.12. The molecule has 0 N–H and O–H groups in total. The van der Waals surface area contributed by atoms with Crippen molar-refractivity contribution in [3.8, 4) is 17.2 Å². The monoisotopic (exact) mass is 488 g/mol. The van der Waals surface area contributed by atoms with E-state index in [0.29, 0.717) is 17.2 Å². The van der Waals surface area contributed by atoms with Crippen LogP contribution in [-0.2, 0) is 15.4 Å². The average molecular weight is 489 g/mol. The first-order valence-corrected chi connectivity index (χ1v) is 13.3. The fourth-order valence-electron chi connectivity index (χ4n) is 3.74. The van der Waals surface area contributed by atoms with Gasteiger partial charge >= 0.3 is 7.82 Å². The van der Waals surface area contributed by atoms with Crippen molar-refractivity contribution in [1.29, 1.82) is 0 Å². The van der Waals surface area contributed by atoms with E-state index in [-0.39, 0.29) is 10.8 Å². The average Bonchev–Trinajstić information content (AvgIpc) is 2.79. The van der Waals surface area contributed by atoms with Crippen LogP contribution in [-0.4, -0.2) is 0 Å². The number of phosphoric ester groups is 1. The van der Waals surface area contributed by atoms with Crippen LogP contribution in [0.2, 0.25) is 0 Å². The van der Waals surface area contributed by atoms with Crippen molar-refractivity contribution in [1.82, 2.24) is 0 Å². The summed E-state index contributed by atoms with van der Waals surface area (Å²) in [4.78, 5) is 0. The maximum Gasteiger partial charge on any atom is 0.647 e. The first kappa shape index (κ1) is 24.9. The Hall–Kier alpha value is -3.23. The highest BCUT2D eigenvalue weighted by Crippen LogP contribution is 2.51. The quantitative estimate of drug-likeness (QED) is 0.254. The molecule has 0 amide bonds. The van der Waals surface area contributed by atoms with Crippen molar-refractivity contribution in [3.05, 3.63) is 102 Å². The van der Waals surface area contributed by atoms with Crippen molar-refractivity contribution < 1.29 is 18.1 Å². The van der Waals surface area contributed by atoms with E-state index in [9.17, 15) is 4.57 Å². The summed E-state index contributed by atoms with van der Waals surface area (Å²) >= 11 is 0. The molecule has 0 heterocycles. The molecule has 0 saturated carbocycles. The molecule has 4 nitrogen and oxygen atoms in total. The van der Waals surface area contributed by atoms with Crippen molar-refractivity contribution in [3.63, 3.8) is 0 Å². The van der Waals surface area contributed by atoms with Gasteiger partial charge < -0.3 is 13.6 Å². The topological polar surface area (TPSA) is 44.8 Å². The second-order valence-electron chi connectivity index (χ2n) is 10.7. The second kappa shape index (κ2) is 9.43. The molecule has 4 aromatic rings.